The molecule has 0 aliphatic heterocycles. The number of carbonyl (C=O) groups excluding carboxylic acids is 1. The van der Waals surface area contributed by atoms with E-state index in [9.17, 15) is 4.79 Å². The van der Waals surface area contributed by atoms with Gasteiger partial charge in [0.25, 0.3) is 5.91 Å². The van der Waals surface area contributed by atoms with Crippen LogP contribution in [0.1, 0.15) is 21.6 Å². The second-order valence-corrected chi connectivity index (χ2v) is 7.11. The molecule has 1 aromatic heterocycles. The quantitative estimate of drug-likeness (QED) is 0.520. The highest BCUT2D eigenvalue weighted by Gasteiger charge is 2.13. The zero-order chi connectivity index (χ0) is 16.7. The lowest BCUT2D eigenvalue weighted by Crippen LogP contribution is -2.31. The van der Waals surface area contributed by atoms with Gasteiger partial charge in [-0.15, -0.1) is 24.5 Å². The van der Waals surface area contributed by atoms with Crippen LogP contribution in [0.2, 0.25) is 0 Å². The number of aromatic nitrogens is 1. The van der Waals surface area contributed by atoms with E-state index in [4.69, 9.17) is 0 Å². The highest BCUT2D eigenvalue weighted by Crippen LogP contribution is 2.26. The molecule has 1 aromatic carbocycles. The zero-order valence-corrected chi connectivity index (χ0v) is 14.8. The second-order valence-electron chi connectivity index (χ2n) is 5.03. The van der Waals surface area contributed by atoms with E-state index in [2.05, 4.69) is 23.5 Å². The molecule has 0 aliphatic rings. The summed E-state index contributed by atoms with van der Waals surface area (Å²) in [6, 6.07) is 7.76. The Morgan fingerprint density at radius 3 is 2.43 bits per heavy atom. The molecular weight excluding hydrogens is 324 g/mol. The van der Waals surface area contributed by atoms with E-state index in [0.717, 1.165) is 15.8 Å². The molecule has 2 rings (SSSR count). The van der Waals surface area contributed by atoms with Crippen molar-refractivity contribution < 1.29 is 4.79 Å². The molecule has 0 bridgehead atoms. The Bertz CT molecular complexity index is 667. The average molecular weight is 345 g/mol. The van der Waals surface area contributed by atoms with Gasteiger partial charge in [-0.2, -0.15) is 0 Å². The molecule has 5 heteroatoms. The summed E-state index contributed by atoms with van der Waals surface area (Å²) in [4.78, 5) is 18.6. The highest BCUT2D eigenvalue weighted by molar-refractivity contribution is 8.00. The molecule has 2 aromatic rings. The number of aryl methyl sites for hydroxylation is 1. The molecule has 0 saturated heterocycles. The van der Waals surface area contributed by atoms with Gasteiger partial charge in [-0.3, -0.25) is 4.79 Å². The number of hydrogen-bond donors (Lipinski definition) is 0. The summed E-state index contributed by atoms with van der Waals surface area (Å²) in [5.41, 5.74) is 2.92. The van der Waals surface area contributed by atoms with Gasteiger partial charge in [0.2, 0.25) is 0 Å². The third kappa shape index (κ3) is 5.08. The lowest BCUT2D eigenvalue weighted by molar-refractivity contribution is 0.0791. The van der Waals surface area contributed by atoms with Crippen molar-refractivity contribution in [2.24, 2.45) is 0 Å². The number of hydrogen-bond acceptors (Lipinski definition) is 4. The van der Waals surface area contributed by atoms with E-state index >= 15 is 0 Å². The van der Waals surface area contributed by atoms with Crippen LogP contribution in [-0.2, 0) is 5.75 Å². The Balaban J connectivity index is 1.98. The number of thiazole rings is 1. The molecule has 0 saturated carbocycles. The van der Waals surface area contributed by atoms with Crippen molar-refractivity contribution in [2.75, 3.05) is 13.1 Å². The summed E-state index contributed by atoms with van der Waals surface area (Å²) >= 11 is 3.38. The van der Waals surface area contributed by atoms with Gasteiger partial charge in [0.05, 0.1) is 0 Å². The van der Waals surface area contributed by atoms with Crippen molar-refractivity contribution in [2.45, 2.75) is 17.0 Å². The third-order valence-electron chi connectivity index (χ3n) is 3.15. The van der Waals surface area contributed by atoms with Gasteiger partial charge in [-0.1, -0.05) is 36.0 Å². The van der Waals surface area contributed by atoms with Crippen LogP contribution in [-0.4, -0.2) is 28.9 Å². The van der Waals surface area contributed by atoms with Crippen LogP contribution in [0, 0.1) is 6.92 Å². The maximum atomic E-state index is 12.4. The fraction of sp³-hybridized carbons (Fsp3) is 0.222. The number of nitrogens with zero attached hydrogens (tertiary/aromatic N) is 2. The molecule has 23 heavy (non-hydrogen) atoms. The van der Waals surface area contributed by atoms with Crippen LogP contribution in [0.15, 0.2) is 59.3 Å². The number of carbonyl (C=O) groups is 1. The Morgan fingerprint density at radius 2 is 1.91 bits per heavy atom. The fourth-order valence-electron chi connectivity index (χ4n) is 2.02. The first kappa shape index (κ1) is 17.5. The predicted octanol–water partition coefficient (Wildman–Crippen LogP) is 4.56. The summed E-state index contributed by atoms with van der Waals surface area (Å²) in [6.07, 6.45) is 3.45. The molecule has 0 fully saturated rings. The summed E-state index contributed by atoms with van der Waals surface area (Å²) in [7, 11) is 0. The van der Waals surface area contributed by atoms with Crippen LogP contribution in [0.3, 0.4) is 0 Å². The molecule has 1 amide bonds. The Kier molecular flexibility index (Phi) is 6.62. The van der Waals surface area contributed by atoms with Crippen LogP contribution in [0.25, 0.3) is 0 Å². The number of rotatable bonds is 8. The maximum Gasteiger partial charge on any atom is 0.254 e. The number of thioether (sulfide) groups is 1. The first-order valence-electron chi connectivity index (χ1n) is 7.29. The van der Waals surface area contributed by atoms with E-state index in [-0.39, 0.29) is 5.91 Å². The van der Waals surface area contributed by atoms with Crippen molar-refractivity contribution in [1.82, 2.24) is 9.88 Å². The molecule has 0 unspecified atom stereocenters. The van der Waals surface area contributed by atoms with Gasteiger partial charge in [0, 0.05) is 35.5 Å². The minimum absolute atomic E-state index is 0.000415. The van der Waals surface area contributed by atoms with Crippen LogP contribution in [0.4, 0.5) is 0 Å². The second kappa shape index (κ2) is 8.70. The van der Waals surface area contributed by atoms with Gasteiger partial charge in [-0.05, 0) is 24.6 Å². The van der Waals surface area contributed by atoms with Gasteiger partial charge in [-0.25, -0.2) is 4.98 Å². The average Bonchev–Trinajstić information content (AvgIpc) is 2.98. The topological polar surface area (TPSA) is 33.2 Å². The Hall–Kier alpha value is -1.85. The molecule has 0 aliphatic carbocycles. The molecule has 0 N–H and O–H groups in total. The van der Waals surface area contributed by atoms with Crippen LogP contribution >= 0.6 is 23.1 Å². The highest BCUT2D eigenvalue weighted by atomic mass is 32.2. The predicted molar refractivity (Wildman–Crippen MR) is 99.2 cm³/mol. The fourth-order valence-corrected chi connectivity index (χ4v) is 3.83. The van der Waals surface area contributed by atoms with E-state index in [1.54, 1.807) is 40.2 Å². The summed E-state index contributed by atoms with van der Waals surface area (Å²) in [5.74, 6) is 0.851. The molecule has 3 nitrogen and oxygen atoms in total. The van der Waals surface area contributed by atoms with Gasteiger partial charge >= 0.3 is 0 Å². The molecule has 0 atom stereocenters. The van der Waals surface area contributed by atoms with E-state index in [1.165, 1.54) is 5.56 Å². The third-order valence-corrected chi connectivity index (χ3v) is 5.36. The Labute approximate surface area is 145 Å². The normalized spacial score (nSPS) is 10.3. The van der Waals surface area contributed by atoms with E-state index < -0.39 is 0 Å². The smallest absolute Gasteiger partial charge is 0.254 e. The first-order valence-corrected chi connectivity index (χ1v) is 9.15. The molecule has 0 spiro atoms. The van der Waals surface area contributed by atoms with Gasteiger partial charge in [0.15, 0.2) is 0 Å². The summed E-state index contributed by atoms with van der Waals surface area (Å²) in [6.45, 7) is 10.4. The molecule has 120 valence electrons. The molecular formula is C18H20N2OS2. The lowest BCUT2D eigenvalue weighted by atomic mass is 10.1. The first-order chi connectivity index (χ1) is 11.1. The van der Waals surface area contributed by atoms with Crippen LogP contribution < -0.4 is 0 Å². The number of benzene rings is 1. The minimum atomic E-state index is -0.000415. The van der Waals surface area contributed by atoms with Crippen molar-refractivity contribution in [1.29, 1.82) is 0 Å². The number of amides is 1. The Morgan fingerprint density at radius 1 is 1.26 bits per heavy atom. The van der Waals surface area contributed by atoms with E-state index in [0.29, 0.717) is 18.7 Å². The zero-order valence-electron chi connectivity index (χ0n) is 13.2. The van der Waals surface area contributed by atoms with E-state index in [1.807, 2.05) is 31.2 Å². The van der Waals surface area contributed by atoms with Crippen molar-refractivity contribution in [3.05, 3.63) is 71.8 Å². The standard InChI is InChI=1S/C18H20N2OS2/c1-4-10-20(11-5-2)17(21)16-8-6-15(7-9-16)13-23-18-19-14(3)12-22-18/h4-9,12H,1-2,10-11,13H2,3H3. The summed E-state index contributed by atoms with van der Waals surface area (Å²) < 4.78 is 1.07. The largest absolute Gasteiger partial charge is 0.331 e. The summed E-state index contributed by atoms with van der Waals surface area (Å²) in [5, 5.41) is 2.05. The monoisotopic (exact) mass is 344 g/mol. The maximum absolute atomic E-state index is 12.4. The van der Waals surface area contributed by atoms with Gasteiger partial charge < -0.3 is 4.90 Å². The van der Waals surface area contributed by atoms with Crippen LogP contribution in [0.5, 0.6) is 0 Å². The lowest BCUT2D eigenvalue weighted by Gasteiger charge is -2.19. The molecule has 0 radical (unpaired) electrons. The van der Waals surface area contributed by atoms with Crippen molar-refractivity contribution >= 4 is 29.0 Å². The molecule has 1 heterocycles. The van der Waals surface area contributed by atoms with Gasteiger partial charge in [0.1, 0.15) is 4.34 Å². The van der Waals surface area contributed by atoms with Crippen molar-refractivity contribution in [3.8, 4) is 0 Å². The van der Waals surface area contributed by atoms with Crippen molar-refractivity contribution in [3.63, 3.8) is 0 Å². The minimum Gasteiger partial charge on any atom is -0.331 e. The SMILES string of the molecule is C=CCN(CC=C)C(=O)c1ccc(CSc2nc(C)cs2)cc1.